The molecule has 124 valence electrons. The van der Waals surface area contributed by atoms with Crippen molar-refractivity contribution in [2.45, 2.75) is 27.2 Å². The zero-order valence-corrected chi connectivity index (χ0v) is 13.7. The Morgan fingerprint density at radius 2 is 1.83 bits per heavy atom. The van der Waals surface area contributed by atoms with Crippen LogP contribution in [0.4, 0.5) is 5.69 Å². The largest absolute Gasteiger partial charge is 0.354 e. The molecule has 0 aliphatic carbocycles. The average molecular weight is 326 g/mol. The van der Waals surface area contributed by atoms with Crippen LogP contribution in [-0.2, 0) is 6.42 Å². The molecular formula is C17H18N4O3. The van der Waals surface area contributed by atoms with Gasteiger partial charge in [0.15, 0.2) is 5.78 Å². The summed E-state index contributed by atoms with van der Waals surface area (Å²) < 4.78 is 0. The van der Waals surface area contributed by atoms with Gasteiger partial charge >= 0.3 is 5.69 Å². The van der Waals surface area contributed by atoms with Gasteiger partial charge in [-0.05, 0) is 44.0 Å². The summed E-state index contributed by atoms with van der Waals surface area (Å²) in [6, 6.07) is 5.10. The lowest BCUT2D eigenvalue weighted by molar-refractivity contribution is 0.101. The molecule has 0 spiro atoms. The molecule has 2 heterocycles. The topological polar surface area (TPSA) is 111 Å². The van der Waals surface area contributed by atoms with Crippen molar-refractivity contribution in [3.05, 3.63) is 51.2 Å². The number of carbonyl (C=O) groups excluding carboxylic acids is 2. The highest BCUT2D eigenvalue weighted by Crippen LogP contribution is 2.22. The van der Waals surface area contributed by atoms with Crippen molar-refractivity contribution >= 4 is 28.4 Å². The Labute approximate surface area is 137 Å². The van der Waals surface area contributed by atoms with Crippen LogP contribution in [0.25, 0.3) is 11.0 Å². The number of anilines is 1. The van der Waals surface area contributed by atoms with E-state index in [2.05, 4.69) is 20.3 Å². The molecule has 0 bridgehead atoms. The SMILES string of the molecule is CCc1c(C(=O)Nc2ccc3[nH]c(=O)[nH]c3c2)[nH]c(C)c1C(C)=O. The lowest BCUT2D eigenvalue weighted by atomic mass is 10.0. The van der Waals surface area contributed by atoms with Crippen molar-refractivity contribution in [1.29, 1.82) is 0 Å². The predicted molar refractivity (Wildman–Crippen MR) is 91.8 cm³/mol. The van der Waals surface area contributed by atoms with Crippen molar-refractivity contribution in [2.24, 2.45) is 0 Å². The van der Waals surface area contributed by atoms with E-state index in [1.165, 1.54) is 6.92 Å². The lowest BCUT2D eigenvalue weighted by Gasteiger charge is -2.06. The van der Waals surface area contributed by atoms with Crippen LogP contribution in [0.3, 0.4) is 0 Å². The molecule has 0 unspecified atom stereocenters. The molecule has 7 heteroatoms. The van der Waals surface area contributed by atoms with Gasteiger partial charge in [-0.1, -0.05) is 6.92 Å². The highest BCUT2D eigenvalue weighted by molar-refractivity contribution is 6.08. The second kappa shape index (κ2) is 5.84. The fourth-order valence-electron chi connectivity index (χ4n) is 3.00. The molecule has 0 aliphatic rings. The number of hydrogen-bond acceptors (Lipinski definition) is 3. The Morgan fingerprint density at radius 3 is 2.50 bits per heavy atom. The summed E-state index contributed by atoms with van der Waals surface area (Å²) in [6.45, 7) is 5.18. The van der Waals surface area contributed by atoms with E-state index in [9.17, 15) is 14.4 Å². The van der Waals surface area contributed by atoms with Crippen LogP contribution in [0.15, 0.2) is 23.0 Å². The summed E-state index contributed by atoms with van der Waals surface area (Å²) in [7, 11) is 0. The van der Waals surface area contributed by atoms with Gasteiger partial charge in [0.1, 0.15) is 5.69 Å². The number of benzene rings is 1. The third kappa shape index (κ3) is 2.64. The second-order valence-electron chi connectivity index (χ2n) is 5.68. The summed E-state index contributed by atoms with van der Waals surface area (Å²) in [5.74, 6) is -0.384. The zero-order chi connectivity index (χ0) is 17.4. The molecule has 2 aromatic heterocycles. The highest BCUT2D eigenvalue weighted by Gasteiger charge is 2.21. The first kappa shape index (κ1) is 15.8. The fourth-order valence-corrected chi connectivity index (χ4v) is 3.00. The van der Waals surface area contributed by atoms with E-state index < -0.39 is 0 Å². The fraction of sp³-hybridized carbons (Fsp3) is 0.235. The van der Waals surface area contributed by atoms with E-state index >= 15 is 0 Å². The number of amides is 1. The van der Waals surface area contributed by atoms with Crippen molar-refractivity contribution in [2.75, 3.05) is 5.32 Å². The standard InChI is InChI=1S/C17H18N4O3/c1-4-11-14(9(3)22)8(2)18-15(11)16(23)19-10-5-6-12-13(7-10)21-17(24)20-12/h5-7,18H,4H2,1-3H3,(H,19,23)(H2,20,21,24). The number of aromatic nitrogens is 3. The van der Waals surface area contributed by atoms with Crippen LogP contribution in [0.5, 0.6) is 0 Å². The summed E-state index contributed by atoms with van der Waals surface area (Å²) >= 11 is 0. The number of imidazole rings is 1. The first-order valence-corrected chi connectivity index (χ1v) is 7.66. The number of aryl methyl sites for hydroxylation is 1. The van der Waals surface area contributed by atoms with Gasteiger partial charge in [-0.15, -0.1) is 0 Å². The molecule has 7 nitrogen and oxygen atoms in total. The molecule has 0 saturated carbocycles. The Balaban J connectivity index is 1.95. The third-order valence-electron chi connectivity index (χ3n) is 4.00. The molecule has 3 rings (SSSR count). The molecule has 24 heavy (non-hydrogen) atoms. The number of hydrogen-bond donors (Lipinski definition) is 4. The maximum Gasteiger partial charge on any atom is 0.323 e. The van der Waals surface area contributed by atoms with E-state index in [-0.39, 0.29) is 17.4 Å². The minimum Gasteiger partial charge on any atom is -0.354 e. The third-order valence-corrected chi connectivity index (χ3v) is 4.00. The second-order valence-corrected chi connectivity index (χ2v) is 5.68. The summed E-state index contributed by atoms with van der Waals surface area (Å²) in [4.78, 5) is 44.0. The molecule has 3 aromatic rings. The molecule has 0 fully saturated rings. The first-order chi connectivity index (χ1) is 11.4. The number of H-pyrrole nitrogens is 3. The molecule has 1 amide bonds. The van der Waals surface area contributed by atoms with Gasteiger partial charge in [0.05, 0.1) is 11.0 Å². The molecule has 1 aromatic carbocycles. The lowest BCUT2D eigenvalue weighted by Crippen LogP contribution is -2.14. The normalized spacial score (nSPS) is 11.0. The predicted octanol–water partition coefficient (Wildman–Crippen LogP) is 2.51. The van der Waals surface area contributed by atoms with Crippen molar-refractivity contribution in [1.82, 2.24) is 15.0 Å². The van der Waals surface area contributed by atoms with E-state index in [1.807, 2.05) is 6.92 Å². The molecule has 0 saturated heterocycles. The van der Waals surface area contributed by atoms with Crippen molar-refractivity contribution < 1.29 is 9.59 Å². The summed E-state index contributed by atoms with van der Waals surface area (Å²) in [5, 5.41) is 2.80. The van der Waals surface area contributed by atoms with Gasteiger partial charge in [-0.2, -0.15) is 0 Å². The molecule has 0 aliphatic heterocycles. The monoisotopic (exact) mass is 326 g/mol. The van der Waals surface area contributed by atoms with E-state index in [0.717, 1.165) is 0 Å². The molecule has 0 radical (unpaired) electrons. The Hall–Kier alpha value is -3.09. The van der Waals surface area contributed by atoms with E-state index in [1.54, 1.807) is 25.1 Å². The number of fused-ring (bicyclic) bond motifs is 1. The molecule has 0 atom stereocenters. The Morgan fingerprint density at radius 1 is 1.12 bits per heavy atom. The minimum absolute atomic E-state index is 0.0639. The van der Waals surface area contributed by atoms with Gasteiger partial charge in [0, 0.05) is 16.9 Å². The molecule has 4 N–H and O–H groups in total. The van der Waals surface area contributed by atoms with Crippen LogP contribution in [0.1, 0.15) is 46.0 Å². The Bertz CT molecular complexity index is 1010. The van der Waals surface area contributed by atoms with Gasteiger partial charge in [-0.25, -0.2) is 4.79 Å². The number of Topliss-reactive ketones (excluding diaryl/α,β-unsaturated/α-hetero) is 1. The Kier molecular flexibility index (Phi) is 3.84. The number of rotatable bonds is 4. The quantitative estimate of drug-likeness (QED) is 0.553. The van der Waals surface area contributed by atoms with Crippen LogP contribution in [-0.4, -0.2) is 26.6 Å². The first-order valence-electron chi connectivity index (χ1n) is 7.66. The van der Waals surface area contributed by atoms with Crippen LogP contribution < -0.4 is 11.0 Å². The summed E-state index contributed by atoms with van der Waals surface area (Å²) in [6.07, 6.45) is 0.576. The number of carbonyl (C=O) groups is 2. The van der Waals surface area contributed by atoms with Crippen LogP contribution in [0, 0.1) is 6.92 Å². The van der Waals surface area contributed by atoms with Gasteiger partial charge < -0.3 is 20.3 Å². The number of ketones is 1. The number of nitrogens with one attached hydrogen (secondary N) is 4. The van der Waals surface area contributed by atoms with Crippen LogP contribution >= 0.6 is 0 Å². The summed E-state index contributed by atoms with van der Waals surface area (Å²) in [5.41, 5.74) is 3.91. The smallest absolute Gasteiger partial charge is 0.323 e. The van der Waals surface area contributed by atoms with Crippen LogP contribution in [0.2, 0.25) is 0 Å². The zero-order valence-electron chi connectivity index (χ0n) is 13.7. The van der Waals surface area contributed by atoms with Gasteiger partial charge in [0.2, 0.25) is 0 Å². The van der Waals surface area contributed by atoms with Crippen molar-refractivity contribution in [3.63, 3.8) is 0 Å². The van der Waals surface area contributed by atoms with Gasteiger partial charge in [-0.3, -0.25) is 9.59 Å². The minimum atomic E-state index is -0.320. The number of aromatic amines is 3. The molecular weight excluding hydrogens is 308 g/mol. The van der Waals surface area contributed by atoms with Gasteiger partial charge in [0.25, 0.3) is 5.91 Å². The van der Waals surface area contributed by atoms with E-state index in [0.29, 0.717) is 45.7 Å². The maximum atomic E-state index is 12.6. The van der Waals surface area contributed by atoms with Crippen molar-refractivity contribution in [3.8, 4) is 0 Å². The maximum absolute atomic E-state index is 12.6. The van der Waals surface area contributed by atoms with E-state index in [4.69, 9.17) is 0 Å². The highest BCUT2D eigenvalue weighted by atomic mass is 16.2. The average Bonchev–Trinajstić information content (AvgIpc) is 3.05.